The number of ketones is 2. The summed E-state index contributed by atoms with van der Waals surface area (Å²) >= 11 is 0. The van der Waals surface area contributed by atoms with Crippen molar-refractivity contribution in [2.45, 2.75) is 72.6 Å². The summed E-state index contributed by atoms with van der Waals surface area (Å²) in [5.41, 5.74) is 0.640. The average Bonchev–Trinajstić information content (AvgIpc) is 1.64. The summed E-state index contributed by atoms with van der Waals surface area (Å²) in [7, 11) is -11.0. The van der Waals surface area contributed by atoms with Crippen molar-refractivity contribution in [2.24, 2.45) is 0 Å². The van der Waals surface area contributed by atoms with Gasteiger partial charge in [0.15, 0.2) is 46.9 Å². The minimum Gasteiger partial charge on any atom is -0.457 e. The molecule has 0 bridgehead atoms. The van der Waals surface area contributed by atoms with E-state index in [0.29, 0.717) is 0 Å². The van der Waals surface area contributed by atoms with Crippen molar-refractivity contribution < 1.29 is 91.4 Å². The molecule has 0 amide bonds. The lowest BCUT2D eigenvalue weighted by atomic mass is 10.1. The summed E-state index contributed by atoms with van der Waals surface area (Å²) < 4.78 is 154. The Balaban J connectivity index is 0.000000199. The smallest absolute Gasteiger partial charge is 0.204 e. The van der Waals surface area contributed by atoms with Gasteiger partial charge in [-0.3, -0.25) is 9.59 Å². The number of rotatable bonds is 9. The van der Waals surface area contributed by atoms with E-state index >= 15 is 0 Å². The molecule has 2 spiro atoms. The van der Waals surface area contributed by atoms with Crippen LogP contribution in [0.5, 0.6) is 34.5 Å². The molecule has 2 fully saturated rings. The van der Waals surface area contributed by atoms with Crippen LogP contribution in [0.2, 0.25) is 0 Å². The van der Waals surface area contributed by atoms with E-state index in [4.69, 9.17) is 48.9 Å². The molecule has 27 heteroatoms. The number of ether oxygens (including phenoxy) is 7. The van der Waals surface area contributed by atoms with Crippen molar-refractivity contribution >= 4 is 53.5 Å². The standard InChI is InChI=1S/C19H16FNO6S.C19H14FNO6S.C17H12FNO5S.2CH4.ClH/c2*1-28(23,24)16-3-2-15(27-13-7-11(10-21)6-12(20)8-13)17-14(22)9-19(18(16)17)25-4-5-26-19;1-25(22,23)15-3-2-14(16-12(20)7-13(21)17(15)16)24-11-5-9(8-19)4-10(18)6-11;;;/h2-3,6-8,14,22H,4-5,9H2,1H3;2-3,6-8H,4-5,9H2,1H3;2-6,12,20H,7H2,1H3;2*1H4;1H/t14-;;12-;;;/m1.1.../s1. The molecule has 0 saturated carbocycles. The third kappa shape index (κ3) is 13.0. The van der Waals surface area contributed by atoms with Gasteiger partial charge in [0, 0.05) is 77.6 Å². The third-order valence-electron chi connectivity index (χ3n) is 13.1. The van der Waals surface area contributed by atoms with Gasteiger partial charge in [0.2, 0.25) is 5.79 Å². The molecular weight excluding hydrogens is 1190 g/mol. The zero-order chi connectivity index (χ0) is 58.6. The summed E-state index contributed by atoms with van der Waals surface area (Å²) in [6, 6.07) is 23.6. The number of fused-ring (bicyclic) bond motifs is 5. The molecule has 0 radical (unpaired) electrons. The van der Waals surface area contributed by atoms with Crippen LogP contribution in [0.3, 0.4) is 0 Å². The first-order valence-electron chi connectivity index (χ1n) is 23.9. The van der Waals surface area contributed by atoms with Gasteiger partial charge in [0.05, 0.1) is 100 Å². The van der Waals surface area contributed by atoms with E-state index in [2.05, 4.69) is 0 Å². The van der Waals surface area contributed by atoms with Gasteiger partial charge in [0.1, 0.15) is 51.9 Å². The molecular formula is C57H51ClF3N3O17S3. The Labute approximate surface area is 487 Å². The van der Waals surface area contributed by atoms with Gasteiger partial charge in [-0.05, 0) is 72.8 Å². The number of nitrogens with zero attached hydrogens (tertiary/aromatic N) is 3. The van der Waals surface area contributed by atoms with Gasteiger partial charge in [-0.2, -0.15) is 15.8 Å². The largest absolute Gasteiger partial charge is 0.457 e. The minimum absolute atomic E-state index is 0. The highest BCUT2D eigenvalue weighted by molar-refractivity contribution is 7.91. The molecule has 0 aromatic heterocycles. The lowest BCUT2D eigenvalue weighted by Crippen LogP contribution is -2.26. The summed E-state index contributed by atoms with van der Waals surface area (Å²) in [6.45, 7) is 0.957. The van der Waals surface area contributed by atoms with Crippen molar-refractivity contribution in [1.82, 2.24) is 0 Å². The van der Waals surface area contributed by atoms with E-state index in [0.717, 1.165) is 55.2 Å². The number of halogens is 4. The van der Waals surface area contributed by atoms with Crippen molar-refractivity contribution in [3.63, 3.8) is 0 Å². The number of hydrogen-bond donors (Lipinski definition) is 2. The monoisotopic (exact) mass is 1240 g/mol. The fourth-order valence-corrected chi connectivity index (χ4v) is 12.8. The number of sulfone groups is 3. The number of Topliss-reactive ketones (excluding diaryl/α,β-unsaturated/α-hetero) is 2. The van der Waals surface area contributed by atoms with E-state index in [1.54, 1.807) is 6.07 Å². The molecule has 2 N–H and O–H groups in total. The fourth-order valence-electron chi connectivity index (χ4n) is 10.00. The van der Waals surface area contributed by atoms with Crippen LogP contribution in [-0.2, 0) is 60.0 Å². The van der Waals surface area contributed by atoms with E-state index < -0.39 is 82.3 Å². The zero-order valence-electron chi connectivity index (χ0n) is 42.9. The maximum atomic E-state index is 13.7. The molecule has 2 aliphatic heterocycles. The molecule has 6 aromatic carbocycles. The predicted octanol–water partition coefficient (Wildman–Crippen LogP) is 9.42. The number of nitriles is 3. The molecule has 84 heavy (non-hydrogen) atoms. The van der Waals surface area contributed by atoms with Crippen LogP contribution in [0, 0.1) is 51.4 Å². The molecule has 20 nitrogen and oxygen atoms in total. The quantitative estimate of drug-likeness (QED) is 0.136. The first kappa shape index (κ1) is 65.4. The van der Waals surface area contributed by atoms with Crippen molar-refractivity contribution in [1.29, 1.82) is 15.8 Å². The SMILES string of the molecule is C.C.CS(=O)(=O)c1ccc(Oc2cc(F)cc(C#N)c2)c2c1C(=O)C[C@H]2O.CS(=O)(=O)c1ccc(Oc2cc(F)cc(C#N)c2)c2c1C1(CC2=O)OCCO1.CS(=O)(=O)c1ccc(Oc2cc(F)cc(C#N)c2)c2c1C1(C[C@H]2O)OCCO1.Cl. The summed E-state index contributed by atoms with van der Waals surface area (Å²) in [4.78, 5) is 24.6. The molecule has 3 aliphatic carbocycles. The maximum Gasteiger partial charge on any atom is 0.204 e. The Bertz CT molecular complexity index is 4130. The lowest BCUT2D eigenvalue weighted by Gasteiger charge is -2.25. The number of carbonyl (C=O) groups excluding carboxylic acids is 2. The van der Waals surface area contributed by atoms with Crippen LogP contribution in [0.25, 0.3) is 0 Å². The zero-order valence-corrected chi connectivity index (χ0v) is 46.2. The number of carbonyl (C=O) groups is 2. The number of benzene rings is 6. The Morgan fingerprint density at radius 1 is 0.512 bits per heavy atom. The van der Waals surface area contributed by atoms with Crippen LogP contribution < -0.4 is 14.2 Å². The first-order chi connectivity index (χ1) is 38.2. The van der Waals surface area contributed by atoms with Crippen LogP contribution in [0.15, 0.2) is 106 Å². The molecule has 2 atom stereocenters. The molecule has 2 saturated heterocycles. The average molecular weight is 1240 g/mol. The summed E-state index contributed by atoms with van der Waals surface area (Å²) in [5, 5.41) is 47.7. The molecule has 6 aromatic rings. The van der Waals surface area contributed by atoms with Gasteiger partial charge in [0.25, 0.3) is 0 Å². The van der Waals surface area contributed by atoms with Gasteiger partial charge in [-0.15, -0.1) is 12.4 Å². The normalized spacial score (nSPS) is 17.4. The Kier molecular flexibility index (Phi) is 19.3. The van der Waals surface area contributed by atoms with E-state index in [-0.39, 0.29) is 172 Å². The van der Waals surface area contributed by atoms with Crippen LogP contribution >= 0.6 is 12.4 Å². The third-order valence-corrected chi connectivity index (χ3v) is 16.5. The van der Waals surface area contributed by atoms with E-state index in [1.165, 1.54) is 54.6 Å². The number of aliphatic hydroxyl groups excluding tert-OH is 2. The second kappa shape index (κ2) is 24.8. The van der Waals surface area contributed by atoms with Crippen molar-refractivity contribution in [2.75, 3.05) is 45.2 Å². The molecule has 2 heterocycles. The van der Waals surface area contributed by atoms with E-state index in [9.17, 15) is 58.2 Å². The Morgan fingerprint density at radius 2 is 0.893 bits per heavy atom. The van der Waals surface area contributed by atoms with Crippen molar-refractivity contribution in [3.05, 3.63) is 159 Å². The fraction of sp³-hybridized carbons (Fsp3) is 0.281. The highest BCUT2D eigenvalue weighted by Crippen LogP contribution is 2.55. The molecule has 442 valence electrons. The summed E-state index contributed by atoms with van der Waals surface area (Å²) in [6.07, 6.45) is 0.299. The van der Waals surface area contributed by atoms with Crippen molar-refractivity contribution in [3.8, 4) is 52.7 Å². The van der Waals surface area contributed by atoms with Crippen LogP contribution in [-0.4, -0.2) is 92.2 Å². The second-order valence-electron chi connectivity index (χ2n) is 18.9. The van der Waals surface area contributed by atoms with Gasteiger partial charge < -0.3 is 43.4 Å². The minimum atomic E-state index is -3.69. The predicted molar refractivity (Wildman–Crippen MR) is 293 cm³/mol. The topological polar surface area (TPSA) is 313 Å². The lowest BCUT2D eigenvalue weighted by molar-refractivity contribution is -0.175. The second-order valence-corrected chi connectivity index (χ2v) is 24.8. The number of hydrogen-bond acceptors (Lipinski definition) is 20. The van der Waals surface area contributed by atoms with Crippen LogP contribution in [0.4, 0.5) is 13.2 Å². The first-order valence-corrected chi connectivity index (χ1v) is 29.6. The maximum absolute atomic E-state index is 13.7. The van der Waals surface area contributed by atoms with Gasteiger partial charge in [-0.25, -0.2) is 38.4 Å². The molecule has 5 aliphatic rings. The Morgan fingerprint density at radius 3 is 1.32 bits per heavy atom. The Hall–Kier alpha value is -7.78. The highest BCUT2D eigenvalue weighted by Gasteiger charge is 2.54. The van der Waals surface area contributed by atoms with Gasteiger partial charge in [-0.1, -0.05) is 14.9 Å². The highest BCUT2D eigenvalue weighted by atomic mass is 35.5. The molecule has 11 rings (SSSR count). The van der Waals surface area contributed by atoms with Crippen LogP contribution in [0.1, 0.15) is 106 Å². The van der Waals surface area contributed by atoms with Gasteiger partial charge >= 0.3 is 0 Å². The van der Waals surface area contributed by atoms with E-state index in [1.807, 2.05) is 12.1 Å². The summed E-state index contributed by atoms with van der Waals surface area (Å²) in [5.74, 6) is -5.50. The number of aliphatic hydroxyl groups is 2. The molecule has 0 unspecified atom stereocenters.